The van der Waals surface area contributed by atoms with E-state index in [1.165, 1.54) is 0 Å². The topological polar surface area (TPSA) is 62.2 Å². The highest BCUT2D eigenvalue weighted by Crippen LogP contribution is 2.19. The van der Waals surface area contributed by atoms with E-state index in [1.807, 2.05) is 30.3 Å². The molecule has 1 unspecified atom stereocenters. The first-order valence-electron chi connectivity index (χ1n) is 6.18. The molecule has 2 N–H and O–H groups in total. The van der Waals surface area contributed by atoms with E-state index in [0.29, 0.717) is 0 Å². The first-order chi connectivity index (χ1) is 9.49. The van der Waals surface area contributed by atoms with E-state index >= 15 is 0 Å². The summed E-state index contributed by atoms with van der Waals surface area (Å²) in [6.07, 6.45) is 0. The molecule has 1 heterocycles. The molecular weight excluding hydrogens is 276 g/mol. The van der Waals surface area contributed by atoms with Gasteiger partial charge in [-0.05, 0) is 24.6 Å². The average Bonchev–Trinajstić information content (AvgIpc) is 2.46. The van der Waals surface area contributed by atoms with E-state index in [2.05, 4.69) is 10.3 Å². The maximum Gasteiger partial charge on any atom is 0.270 e. The van der Waals surface area contributed by atoms with Gasteiger partial charge in [0, 0.05) is 0 Å². The molecule has 0 aliphatic heterocycles. The van der Waals surface area contributed by atoms with Crippen molar-refractivity contribution in [2.24, 2.45) is 0 Å². The molecule has 0 spiro atoms. The van der Waals surface area contributed by atoms with Crippen LogP contribution in [0.15, 0.2) is 48.5 Å². The van der Waals surface area contributed by atoms with Crippen LogP contribution in [-0.4, -0.2) is 22.5 Å². The monoisotopic (exact) mass is 290 g/mol. The molecule has 5 heteroatoms. The van der Waals surface area contributed by atoms with Gasteiger partial charge in [-0.25, -0.2) is 4.98 Å². The van der Waals surface area contributed by atoms with E-state index < -0.39 is 5.60 Å². The molecule has 1 amide bonds. The van der Waals surface area contributed by atoms with Crippen molar-refractivity contribution in [3.63, 3.8) is 0 Å². The Labute approximate surface area is 122 Å². The minimum atomic E-state index is -1.14. The Balaban J connectivity index is 2.03. The highest BCUT2D eigenvalue weighted by atomic mass is 35.5. The van der Waals surface area contributed by atoms with E-state index in [0.717, 1.165) is 5.56 Å². The predicted molar refractivity (Wildman–Crippen MR) is 77.6 cm³/mol. The summed E-state index contributed by atoms with van der Waals surface area (Å²) in [5, 5.41) is 13.3. The fourth-order valence-electron chi connectivity index (χ4n) is 1.78. The van der Waals surface area contributed by atoms with Crippen molar-refractivity contribution in [1.29, 1.82) is 0 Å². The summed E-state index contributed by atoms with van der Waals surface area (Å²) in [6.45, 7) is 1.73. The molecule has 0 aliphatic carbocycles. The Morgan fingerprint density at radius 1 is 1.25 bits per heavy atom. The number of rotatable bonds is 4. The van der Waals surface area contributed by atoms with Crippen molar-refractivity contribution in [1.82, 2.24) is 10.3 Å². The number of nitrogens with zero attached hydrogens (tertiary/aromatic N) is 1. The van der Waals surface area contributed by atoms with Crippen LogP contribution < -0.4 is 5.32 Å². The lowest BCUT2D eigenvalue weighted by molar-refractivity contribution is 0.0525. The minimum absolute atomic E-state index is 0.0873. The molecule has 0 bridgehead atoms. The van der Waals surface area contributed by atoms with Gasteiger partial charge in [0.1, 0.15) is 16.4 Å². The third-order valence-corrected chi connectivity index (χ3v) is 3.15. The van der Waals surface area contributed by atoms with Gasteiger partial charge in [-0.2, -0.15) is 0 Å². The number of aromatic nitrogens is 1. The molecular formula is C15H15ClN2O2. The molecule has 104 valence electrons. The molecule has 2 aromatic rings. The second-order valence-electron chi connectivity index (χ2n) is 4.67. The lowest BCUT2D eigenvalue weighted by Crippen LogP contribution is -2.38. The molecule has 4 nitrogen and oxygen atoms in total. The summed E-state index contributed by atoms with van der Waals surface area (Å²) in [5.74, 6) is -0.372. The van der Waals surface area contributed by atoms with Gasteiger partial charge < -0.3 is 10.4 Å². The van der Waals surface area contributed by atoms with E-state index in [1.54, 1.807) is 25.1 Å². The number of amides is 1. The number of carbonyl (C=O) groups is 1. The molecule has 0 aliphatic rings. The lowest BCUT2D eigenvalue weighted by Gasteiger charge is -2.24. The van der Waals surface area contributed by atoms with Crippen LogP contribution in [0.25, 0.3) is 0 Å². The molecule has 0 saturated carbocycles. The average molecular weight is 291 g/mol. The van der Waals surface area contributed by atoms with Gasteiger partial charge in [0.25, 0.3) is 5.91 Å². The van der Waals surface area contributed by atoms with Crippen LogP contribution in [0.5, 0.6) is 0 Å². The van der Waals surface area contributed by atoms with Crippen molar-refractivity contribution >= 4 is 17.5 Å². The highest BCUT2D eigenvalue weighted by molar-refractivity contribution is 6.29. The first kappa shape index (κ1) is 14.5. The third kappa shape index (κ3) is 3.56. The number of halogens is 1. The maximum absolute atomic E-state index is 11.9. The number of carbonyl (C=O) groups excluding carboxylic acids is 1. The molecule has 0 radical (unpaired) electrons. The zero-order valence-corrected chi connectivity index (χ0v) is 11.8. The third-order valence-electron chi connectivity index (χ3n) is 2.94. The SMILES string of the molecule is CC(O)(CNC(=O)c1cccc(Cl)n1)c1ccccc1. The molecule has 1 aromatic heterocycles. The minimum Gasteiger partial charge on any atom is -0.384 e. The van der Waals surface area contributed by atoms with Crippen LogP contribution in [-0.2, 0) is 5.60 Å². The van der Waals surface area contributed by atoms with Gasteiger partial charge in [0.05, 0.1) is 6.54 Å². The van der Waals surface area contributed by atoms with Gasteiger partial charge in [-0.15, -0.1) is 0 Å². The van der Waals surface area contributed by atoms with Crippen LogP contribution >= 0.6 is 11.6 Å². The van der Waals surface area contributed by atoms with Gasteiger partial charge in [0.2, 0.25) is 0 Å². The number of benzene rings is 1. The van der Waals surface area contributed by atoms with Gasteiger partial charge in [-0.1, -0.05) is 48.0 Å². The molecule has 1 atom stereocenters. The van der Waals surface area contributed by atoms with Crippen molar-refractivity contribution in [2.75, 3.05) is 6.54 Å². The summed E-state index contributed by atoms with van der Waals surface area (Å²) in [4.78, 5) is 15.8. The highest BCUT2D eigenvalue weighted by Gasteiger charge is 2.23. The predicted octanol–water partition coefficient (Wildman–Crippen LogP) is 2.37. The van der Waals surface area contributed by atoms with Crippen LogP contribution in [0.1, 0.15) is 23.0 Å². The number of hydrogen-bond donors (Lipinski definition) is 2. The Kier molecular flexibility index (Phi) is 4.37. The van der Waals surface area contributed by atoms with Gasteiger partial charge in [0.15, 0.2) is 0 Å². The van der Waals surface area contributed by atoms with Crippen molar-refractivity contribution < 1.29 is 9.90 Å². The second-order valence-corrected chi connectivity index (χ2v) is 5.06. The second kappa shape index (κ2) is 6.03. The van der Waals surface area contributed by atoms with Crippen molar-refractivity contribution in [2.45, 2.75) is 12.5 Å². The van der Waals surface area contributed by atoms with E-state index in [9.17, 15) is 9.90 Å². The fourth-order valence-corrected chi connectivity index (χ4v) is 1.94. The van der Waals surface area contributed by atoms with Crippen molar-refractivity contribution in [3.8, 4) is 0 Å². The summed E-state index contributed by atoms with van der Waals surface area (Å²) in [6, 6.07) is 14.0. The number of nitrogens with one attached hydrogen (secondary N) is 1. The van der Waals surface area contributed by atoms with E-state index in [4.69, 9.17) is 11.6 Å². The molecule has 1 aromatic carbocycles. The summed E-state index contributed by atoms with van der Waals surface area (Å²) >= 11 is 5.73. The van der Waals surface area contributed by atoms with Crippen LogP contribution in [0.3, 0.4) is 0 Å². The standard InChI is InChI=1S/C15H15ClN2O2/c1-15(20,11-6-3-2-4-7-11)10-17-14(19)12-8-5-9-13(16)18-12/h2-9,20H,10H2,1H3,(H,17,19). The molecule has 0 fully saturated rings. The smallest absolute Gasteiger partial charge is 0.270 e. The largest absolute Gasteiger partial charge is 0.384 e. The number of aliphatic hydroxyl groups is 1. The number of hydrogen-bond acceptors (Lipinski definition) is 3. The Morgan fingerprint density at radius 2 is 1.95 bits per heavy atom. The van der Waals surface area contributed by atoms with Crippen molar-refractivity contribution in [3.05, 3.63) is 64.9 Å². The van der Waals surface area contributed by atoms with Gasteiger partial charge >= 0.3 is 0 Å². The molecule has 20 heavy (non-hydrogen) atoms. The van der Waals surface area contributed by atoms with Gasteiger partial charge in [-0.3, -0.25) is 4.79 Å². The lowest BCUT2D eigenvalue weighted by atomic mass is 9.96. The number of pyridine rings is 1. The van der Waals surface area contributed by atoms with E-state index in [-0.39, 0.29) is 23.3 Å². The first-order valence-corrected chi connectivity index (χ1v) is 6.55. The Bertz CT molecular complexity index is 600. The molecule has 0 saturated heterocycles. The van der Waals surface area contributed by atoms with Crippen LogP contribution in [0.2, 0.25) is 5.15 Å². The zero-order chi connectivity index (χ0) is 14.6. The summed E-state index contributed by atoms with van der Waals surface area (Å²) in [7, 11) is 0. The Morgan fingerprint density at radius 3 is 2.60 bits per heavy atom. The molecule has 2 rings (SSSR count). The fraction of sp³-hybridized carbons (Fsp3) is 0.200. The zero-order valence-electron chi connectivity index (χ0n) is 11.0. The summed E-state index contributed by atoms with van der Waals surface area (Å²) < 4.78 is 0. The Hall–Kier alpha value is -1.91. The quantitative estimate of drug-likeness (QED) is 0.850. The van der Waals surface area contributed by atoms with Crippen LogP contribution in [0, 0.1) is 0 Å². The maximum atomic E-state index is 11.9. The van der Waals surface area contributed by atoms with Crippen LogP contribution in [0.4, 0.5) is 0 Å². The normalized spacial score (nSPS) is 13.6. The summed E-state index contributed by atoms with van der Waals surface area (Å²) in [5.41, 5.74) is -0.184.